The van der Waals surface area contributed by atoms with Gasteiger partial charge in [-0.1, -0.05) is 60.3 Å². The Morgan fingerprint density at radius 1 is 1.00 bits per heavy atom. The lowest BCUT2D eigenvalue weighted by Gasteiger charge is -2.30. The summed E-state index contributed by atoms with van der Waals surface area (Å²) in [7, 11) is 1.55. The monoisotopic (exact) mass is 370 g/mol. The van der Waals surface area contributed by atoms with E-state index in [1.165, 1.54) is 11.8 Å². The molecule has 0 saturated heterocycles. The molecular weight excluding hydrogens is 348 g/mol. The molecule has 1 aliphatic heterocycles. The maximum Gasteiger partial charge on any atom is 0.209 e. The Kier molecular flexibility index (Phi) is 6.50. The number of thioether (sulfide) groups is 1. The Hall–Kier alpha value is -2.08. The minimum atomic E-state index is -0.585. The average molecular weight is 370 g/mol. The number of carbonyl (C=O) groups is 1. The third kappa shape index (κ3) is 4.55. The van der Waals surface area contributed by atoms with Crippen LogP contribution in [0, 0.1) is 5.92 Å². The second-order valence-electron chi connectivity index (χ2n) is 6.02. The Labute approximate surface area is 158 Å². The van der Waals surface area contributed by atoms with Gasteiger partial charge in [-0.25, -0.2) is 0 Å². The summed E-state index contributed by atoms with van der Waals surface area (Å²) in [6.07, 6.45) is -0.585. The maximum atomic E-state index is 12.8. The van der Waals surface area contributed by atoms with Gasteiger partial charge in [-0.3, -0.25) is 4.79 Å². The summed E-state index contributed by atoms with van der Waals surface area (Å²) in [5, 5.41) is 0. The Balaban J connectivity index is 1.78. The molecule has 2 atom stereocenters. The van der Waals surface area contributed by atoms with Gasteiger partial charge in [0.2, 0.25) is 6.29 Å². The van der Waals surface area contributed by atoms with Gasteiger partial charge in [-0.15, -0.1) is 0 Å². The molecule has 4 nitrogen and oxygen atoms in total. The van der Waals surface area contributed by atoms with Crippen molar-refractivity contribution in [3.05, 3.63) is 76.9 Å². The molecule has 0 bridgehead atoms. The second-order valence-corrected chi connectivity index (χ2v) is 7.10. The van der Waals surface area contributed by atoms with Crippen LogP contribution in [0.2, 0.25) is 0 Å². The molecule has 1 heterocycles. The number of ether oxygens (including phenoxy) is 3. The van der Waals surface area contributed by atoms with Crippen molar-refractivity contribution in [3.8, 4) is 0 Å². The van der Waals surface area contributed by atoms with E-state index >= 15 is 0 Å². The molecule has 3 rings (SSSR count). The number of hydrogen-bond acceptors (Lipinski definition) is 5. The standard InChI is InChI=1S/C21H22O4S/c1-15-19(22)20(26-17-11-7-4-8-12-17)18(25-21(15)23-2)14-24-13-16-9-5-3-6-10-16/h3-12,15,21H,13-14H2,1-2H3. The quantitative estimate of drug-likeness (QED) is 0.722. The summed E-state index contributed by atoms with van der Waals surface area (Å²) in [5.74, 6) is 0.198. The number of hydrogen-bond donors (Lipinski definition) is 0. The van der Waals surface area contributed by atoms with Crippen LogP contribution in [-0.4, -0.2) is 25.8 Å². The molecule has 5 heteroatoms. The van der Waals surface area contributed by atoms with Gasteiger partial charge >= 0.3 is 0 Å². The fraction of sp³-hybridized carbons (Fsp3) is 0.286. The van der Waals surface area contributed by atoms with Crippen molar-refractivity contribution in [1.82, 2.24) is 0 Å². The van der Waals surface area contributed by atoms with Crippen LogP contribution in [0.3, 0.4) is 0 Å². The number of carbonyl (C=O) groups excluding carboxylic acids is 1. The SMILES string of the molecule is COC1OC(COCc2ccccc2)=C(Sc2ccccc2)C(=O)C1C. The zero-order chi connectivity index (χ0) is 18.4. The van der Waals surface area contributed by atoms with Gasteiger partial charge in [0, 0.05) is 12.0 Å². The van der Waals surface area contributed by atoms with Crippen molar-refractivity contribution in [2.45, 2.75) is 24.7 Å². The smallest absolute Gasteiger partial charge is 0.209 e. The minimum Gasteiger partial charge on any atom is -0.465 e. The molecule has 2 aromatic rings. The van der Waals surface area contributed by atoms with Gasteiger partial charge < -0.3 is 14.2 Å². The fourth-order valence-electron chi connectivity index (χ4n) is 2.66. The molecule has 0 radical (unpaired) electrons. The average Bonchev–Trinajstić information content (AvgIpc) is 2.69. The Morgan fingerprint density at radius 3 is 2.31 bits per heavy atom. The van der Waals surface area contributed by atoms with Gasteiger partial charge in [0.25, 0.3) is 0 Å². The summed E-state index contributed by atoms with van der Waals surface area (Å²) >= 11 is 1.41. The summed E-state index contributed by atoms with van der Waals surface area (Å²) in [6.45, 7) is 2.50. The fourth-order valence-corrected chi connectivity index (χ4v) is 3.70. The van der Waals surface area contributed by atoms with Crippen LogP contribution in [0.25, 0.3) is 0 Å². The maximum absolute atomic E-state index is 12.8. The normalized spacial score (nSPS) is 20.2. The van der Waals surface area contributed by atoms with E-state index in [0.717, 1.165) is 10.5 Å². The van der Waals surface area contributed by atoms with Gasteiger partial charge in [0.15, 0.2) is 5.78 Å². The molecule has 1 aliphatic rings. The lowest BCUT2D eigenvalue weighted by molar-refractivity contribution is -0.158. The van der Waals surface area contributed by atoms with Gasteiger partial charge in [-0.05, 0) is 24.6 Å². The highest BCUT2D eigenvalue weighted by Crippen LogP contribution is 2.37. The topological polar surface area (TPSA) is 44.8 Å². The summed E-state index contributed by atoms with van der Waals surface area (Å²) in [4.78, 5) is 14.4. The third-order valence-corrected chi connectivity index (χ3v) is 5.24. The zero-order valence-electron chi connectivity index (χ0n) is 14.9. The first-order chi connectivity index (χ1) is 12.7. The molecule has 136 valence electrons. The molecular formula is C21H22O4S. The molecule has 0 saturated carbocycles. The van der Waals surface area contributed by atoms with Crippen molar-refractivity contribution in [2.24, 2.45) is 5.92 Å². The molecule has 0 aromatic heterocycles. The van der Waals surface area contributed by atoms with Crippen molar-refractivity contribution in [3.63, 3.8) is 0 Å². The lowest BCUT2D eigenvalue weighted by atomic mass is 10.0. The summed E-state index contributed by atoms with van der Waals surface area (Å²) in [5.41, 5.74) is 1.07. The number of ketones is 1. The molecule has 2 aromatic carbocycles. The van der Waals surface area contributed by atoms with Crippen molar-refractivity contribution >= 4 is 17.5 Å². The van der Waals surface area contributed by atoms with E-state index in [4.69, 9.17) is 14.2 Å². The number of benzene rings is 2. The molecule has 0 amide bonds. The summed E-state index contributed by atoms with van der Waals surface area (Å²) in [6, 6.07) is 19.7. The van der Waals surface area contributed by atoms with Gasteiger partial charge in [0.05, 0.1) is 17.4 Å². The van der Waals surface area contributed by atoms with E-state index in [1.807, 2.05) is 67.6 Å². The van der Waals surface area contributed by atoms with Crippen LogP contribution in [-0.2, 0) is 25.6 Å². The number of rotatable bonds is 7. The highest BCUT2D eigenvalue weighted by Gasteiger charge is 2.36. The van der Waals surface area contributed by atoms with Crippen LogP contribution < -0.4 is 0 Å². The molecule has 2 unspecified atom stereocenters. The minimum absolute atomic E-state index is 0.0234. The van der Waals surface area contributed by atoms with E-state index in [-0.39, 0.29) is 18.3 Å². The number of allylic oxidation sites excluding steroid dienone is 1. The molecule has 0 spiro atoms. The van der Waals surface area contributed by atoms with Crippen LogP contribution in [0.15, 0.2) is 76.2 Å². The molecule has 26 heavy (non-hydrogen) atoms. The van der Waals surface area contributed by atoms with Crippen LogP contribution in [0.4, 0.5) is 0 Å². The lowest BCUT2D eigenvalue weighted by Crippen LogP contribution is -2.36. The van der Waals surface area contributed by atoms with E-state index in [1.54, 1.807) is 7.11 Å². The predicted octanol–water partition coefficient (Wildman–Crippen LogP) is 4.42. The molecule has 0 aliphatic carbocycles. The van der Waals surface area contributed by atoms with E-state index in [0.29, 0.717) is 17.3 Å². The van der Waals surface area contributed by atoms with Crippen LogP contribution in [0.1, 0.15) is 12.5 Å². The van der Waals surface area contributed by atoms with Crippen molar-refractivity contribution in [2.75, 3.05) is 13.7 Å². The first-order valence-electron chi connectivity index (χ1n) is 8.50. The third-order valence-electron chi connectivity index (χ3n) is 4.10. The van der Waals surface area contributed by atoms with Gasteiger partial charge in [0.1, 0.15) is 12.4 Å². The largest absolute Gasteiger partial charge is 0.465 e. The van der Waals surface area contributed by atoms with Crippen molar-refractivity contribution < 1.29 is 19.0 Å². The van der Waals surface area contributed by atoms with E-state index < -0.39 is 6.29 Å². The van der Waals surface area contributed by atoms with E-state index in [9.17, 15) is 4.79 Å². The van der Waals surface area contributed by atoms with Crippen molar-refractivity contribution in [1.29, 1.82) is 0 Å². The highest BCUT2D eigenvalue weighted by atomic mass is 32.2. The first kappa shape index (κ1) is 18.7. The second kappa shape index (κ2) is 9.03. The highest BCUT2D eigenvalue weighted by molar-refractivity contribution is 8.04. The zero-order valence-corrected chi connectivity index (χ0v) is 15.7. The van der Waals surface area contributed by atoms with Gasteiger partial charge in [-0.2, -0.15) is 0 Å². The number of Topliss-reactive ketones (excluding diaryl/α,β-unsaturated/α-hetero) is 1. The predicted molar refractivity (Wildman–Crippen MR) is 101 cm³/mol. The molecule has 0 N–H and O–H groups in total. The number of methoxy groups -OCH3 is 1. The van der Waals surface area contributed by atoms with Crippen LogP contribution >= 0.6 is 11.8 Å². The van der Waals surface area contributed by atoms with Crippen LogP contribution in [0.5, 0.6) is 0 Å². The Morgan fingerprint density at radius 2 is 1.65 bits per heavy atom. The summed E-state index contributed by atoms with van der Waals surface area (Å²) < 4.78 is 17.1. The van der Waals surface area contributed by atoms with E-state index in [2.05, 4.69) is 0 Å². The first-order valence-corrected chi connectivity index (χ1v) is 9.32. The Bertz CT molecular complexity index is 758. The molecule has 0 fully saturated rings.